The highest BCUT2D eigenvalue weighted by Crippen LogP contribution is 2.11. The standard InChI is InChI=1S/C14H18ClN3O/c1-12-4-6-14(7-5-12)19-10-9-18-11-13(16-17-18)3-2-8-15/h4-7,11H,2-3,8-10H2,1H3. The van der Waals surface area contributed by atoms with Crippen LogP contribution in [0.4, 0.5) is 0 Å². The van der Waals surface area contributed by atoms with E-state index in [-0.39, 0.29) is 0 Å². The number of halogens is 1. The van der Waals surface area contributed by atoms with E-state index < -0.39 is 0 Å². The van der Waals surface area contributed by atoms with Gasteiger partial charge in [0.05, 0.1) is 12.2 Å². The van der Waals surface area contributed by atoms with Crippen LogP contribution in [0, 0.1) is 6.92 Å². The molecule has 2 aromatic rings. The average Bonchev–Trinajstić information content (AvgIpc) is 2.87. The van der Waals surface area contributed by atoms with Crippen molar-refractivity contribution in [3.05, 3.63) is 41.7 Å². The Morgan fingerprint density at radius 2 is 2.05 bits per heavy atom. The molecule has 1 heterocycles. The quantitative estimate of drug-likeness (QED) is 0.732. The van der Waals surface area contributed by atoms with Crippen LogP contribution < -0.4 is 4.74 Å². The van der Waals surface area contributed by atoms with Gasteiger partial charge in [0.15, 0.2) is 0 Å². The highest BCUT2D eigenvalue weighted by atomic mass is 35.5. The van der Waals surface area contributed by atoms with Gasteiger partial charge in [-0.25, -0.2) is 4.68 Å². The Bertz CT molecular complexity index is 496. The number of aromatic nitrogens is 3. The third kappa shape index (κ3) is 4.56. The van der Waals surface area contributed by atoms with E-state index in [0.29, 0.717) is 19.0 Å². The van der Waals surface area contributed by atoms with Crippen molar-refractivity contribution in [2.75, 3.05) is 12.5 Å². The molecule has 0 aliphatic rings. The maximum atomic E-state index is 5.65. The molecule has 0 spiro atoms. The number of hydrogen-bond acceptors (Lipinski definition) is 3. The summed E-state index contributed by atoms with van der Waals surface area (Å²) in [6.07, 6.45) is 3.76. The monoisotopic (exact) mass is 279 g/mol. The summed E-state index contributed by atoms with van der Waals surface area (Å²) in [6, 6.07) is 8.02. The second-order valence-electron chi connectivity index (χ2n) is 4.43. The molecule has 0 N–H and O–H groups in total. The average molecular weight is 280 g/mol. The molecule has 0 atom stereocenters. The fourth-order valence-electron chi connectivity index (χ4n) is 1.70. The molecule has 19 heavy (non-hydrogen) atoms. The number of rotatable bonds is 7. The van der Waals surface area contributed by atoms with Crippen LogP contribution in [0.3, 0.4) is 0 Å². The number of aryl methyl sites for hydroxylation is 2. The van der Waals surface area contributed by atoms with E-state index in [1.54, 1.807) is 4.68 Å². The van der Waals surface area contributed by atoms with E-state index in [4.69, 9.17) is 16.3 Å². The van der Waals surface area contributed by atoms with Crippen LogP contribution in [0.15, 0.2) is 30.5 Å². The minimum Gasteiger partial charge on any atom is -0.492 e. The zero-order valence-corrected chi connectivity index (χ0v) is 11.8. The van der Waals surface area contributed by atoms with Crippen LogP contribution >= 0.6 is 11.6 Å². The van der Waals surface area contributed by atoms with E-state index in [9.17, 15) is 0 Å². The second kappa shape index (κ2) is 7.14. The van der Waals surface area contributed by atoms with Gasteiger partial charge in [-0.3, -0.25) is 0 Å². The lowest BCUT2D eigenvalue weighted by molar-refractivity contribution is 0.289. The van der Waals surface area contributed by atoms with Crippen molar-refractivity contribution in [3.8, 4) is 5.75 Å². The molecule has 4 nitrogen and oxygen atoms in total. The number of benzene rings is 1. The topological polar surface area (TPSA) is 39.9 Å². The molecule has 102 valence electrons. The molecule has 0 bridgehead atoms. The van der Waals surface area contributed by atoms with Gasteiger partial charge in [0.2, 0.25) is 0 Å². The van der Waals surface area contributed by atoms with Crippen molar-refractivity contribution in [1.29, 1.82) is 0 Å². The first-order chi connectivity index (χ1) is 9.28. The number of hydrogen-bond donors (Lipinski definition) is 0. The third-order valence-electron chi connectivity index (χ3n) is 2.76. The Labute approximate surface area is 118 Å². The molecule has 0 saturated heterocycles. The molecule has 0 aliphatic carbocycles. The van der Waals surface area contributed by atoms with Crippen molar-refractivity contribution in [3.63, 3.8) is 0 Å². The molecular formula is C14H18ClN3O. The SMILES string of the molecule is Cc1ccc(OCCn2cc(CCCCl)nn2)cc1. The molecule has 0 amide bonds. The van der Waals surface area contributed by atoms with E-state index in [1.165, 1.54) is 5.56 Å². The maximum absolute atomic E-state index is 5.65. The fourth-order valence-corrected chi connectivity index (χ4v) is 1.84. The molecule has 0 aliphatic heterocycles. The van der Waals surface area contributed by atoms with E-state index in [0.717, 1.165) is 24.3 Å². The van der Waals surface area contributed by atoms with Gasteiger partial charge in [-0.05, 0) is 31.9 Å². The van der Waals surface area contributed by atoms with Crippen molar-refractivity contribution < 1.29 is 4.74 Å². The summed E-state index contributed by atoms with van der Waals surface area (Å²) < 4.78 is 7.45. The highest BCUT2D eigenvalue weighted by Gasteiger charge is 2.00. The third-order valence-corrected chi connectivity index (χ3v) is 3.03. The first-order valence-electron chi connectivity index (χ1n) is 6.42. The van der Waals surface area contributed by atoms with E-state index in [2.05, 4.69) is 17.2 Å². The summed E-state index contributed by atoms with van der Waals surface area (Å²) in [5.41, 5.74) is 2.21. The van der Waals surface area contributed by atoms with Crippen LogP contribution in [0.2, 0.25) is 0 Å². The van der Waals surface area contributed by atoms with Crippen LogP contribution in [0.1, 0.15) is 17.7 Å². The van der Waals surface area contributed by atoms with Crippen LogP contribution in [0.5, 0.6) is 5.75 Å². The zero-order chi connectivity index (χ0) is 13.5. The largest absolute Gasteiger partial charge is 0.492 e. The van der Waals surface area contributed by atoms with Gasteiger partial charge >= 0.3 is 0 Å². The first kappa shape index (κ1) is 13.9. The van der Waals surface area contributed by atoms with Gasteiger partial charge < -0.3 is 4.74 Å². The number of nitrogens with zero attached hydrogens (tertiary/aromatic N) is 3. The summed E-state index contributed by atoms with van der Waals surface area (Å²) >= 11 is 5.65. The Morgan fingerprint density at radius 1 is 1.26 bits per heavy atom. The summed E-state index contributed by atoms with van der Waals surface area (Å²) in [7, 11) is 0. The van der Waals surface area contributed by atoms with Gasteiger partial charge in [-0.2, -0.15) is 0 Å². The Balaban J connectivity index is 1.76. The molecule has 1 aromatic heterocycles. The van der Waals surface area contributed by atoms with Crippen molar-refractivity contribution >= 4 is 11.6 Å². The van der Waals surface area contributed by atoms with Crippen molar-refractivity contribution in [2.24, 2.45) is 0 Å². The predicted octanol–water partition coefficient (Wildman–Crippen LogP) is 2.84. The fraction of sp³-hybridized carbons (Fsp3) is 0.429. The smallest absolute Gasteiger partial charge is 0.119 e. The van der Waals surface area contributed by atoms with Gasteiger partial charge in [0.25, 0.3) is 0 Å². The number of alkyl halides is 1. The summed E-state index contributed by atoms with van der Waals surface area (Å²) in [5, 5.41) is 8.15. The molecule has 0 radical (unpaired) electrons. The lowest BCUT2D eigenvalue weighted by Crippen LogP contribution is -2.08. The number of ether oxygens (including phenoxy) is 1. The highest BCUT2D eigenvalue weighted by molar-refractivity contribution is 6.17. The lowest BCUT2D eigenvalue weighted by Gasteiger charge is -2.05. The summed E-state index contributed by atoms with van der Waals surface area (Å²) in [4.78, 5) is 0. The molecule has 0 saturated carbocycles. The summed E-state index contributed by atoms with van der Waals surface area (Å²) in [6.45, 7) is 3.34. The van der Waals surface area contributed by atoms with Gasteiger partial charge in [-0.15, -0.1) is 16.7 Å². The van der Waals surface area contributed by atoms with Gasteiger partial charge in [0.1, 0.15) is 12.4 Å². The Hall–Kier alpha value is -1.55. The second-order valence-corrected chi connectivity index (χ2v) is 4.80. The molecule has 1 aromatic carbocycles. The maximum Gasteiger partial charge on any atom is 0.119 e. The van der Waals surface area contributed by atoms with E-state index in [1.807, 2.05) is 30.5 Å². The first-order valence-corrected chi connectivity index (χ1v) is 6.96. The Morgan fingerprint density at radius 3 is 2.79 bits per heavy atom. The molecular weight excluding hydrogens is 262 g/mol. The van der Waals surface area contributed by atoms with Crippen LogP contribution in [0.25, 0.3) is 0 Å². The van der Waals surface area contributed by atoms with Crippen LogP contribution in [-0.2, 0) is 13.0 Å². The Kier molecular flexibility index (Phi) is 5.21. The van der Waals surface area contributed by atoms with Crippen molar-refractivity contribution in [2.45, 2.75) is 26.3 Å². The normalized spacial score (nSPS) is 10.6. The van der Waals surface area contributed by atoms with E-state index >= 15 is 0 Å². The summed E-state index contributed by atoms with van der Waals surface area (Å²) in [5.74, 6) is 1.54. The lowest BCUT2D eigenvalue weighted by atomic mass is 10.2. The zero-order valence-electron chi connectivity index (χ0n) is 11.1. The molecule has 0 fully saturated rings. The van der Waals surface area contributed by atoms with Gasteiger partial charge in [-0.1, -0.05) is 22.9 Å². The van der Waals surface area contributed by atoms with Crippen molar-refractivity contribution in [1.82, 2.24) is 15.0 Å². The minimum atomic E-state index is 0.585. The molecule has 0 unspecified atom stereocenters. The predicted molar refractivity (Wildman–Crippen MR) is 75.7 cm³/mol. The molecule has 2 rings (SSSR count). The molecule has 5 heteroatoms. The van der Waals surface area contributed by atoms with Crippen LogP contribution in [-0.4, -0.2) is 27.5 Å². The minimum absolute atomic E-state index is 0.585. The van der Waals surface area contributed by atoms with Gasteiger partial charge in [0, 0.05) is 12.1 Å².